The maximum absolute atomic E-state index is 12.8. The number of rotatable bonds is 3. The first-order valence-electron chi connectivity index (χ1n) is 6.18. The van der Waals surface area contributed by atoms with Crippen LogP contribution in [0.3, 0.4) is 0 Å². The van der Waals surface area contributed by atoms with Gasteiger partial charge in [0, 0.05) is 6.20 Å². The maximum Gasteiger partial charge on any atom is 0.325 e. The predicted molar refractivity (Wildman–Crippen MR) is 72.9 cm³/mol. The molecular formula is C12H10F2N6O2. The summed E-state index contributed by atoms with van der Waals surface area (Å²) in [6.45, 7) is 1.51. The summed E-state index contributed by atoms with van der Waals surface area (Å²) in [5.74, 6) is -0.636. The van der Waals surface area contributed by atoms with Crippen LogP contribution in [-0.4, -0.2) is 31.1 Å². The largest absolute Gasteiger partial charge is 0.325 e. The van der Waals surface area contributed by atoms with E-state index in [0.717, 1.165) is 0 Å². The molecule has 1 amide bonds. The van der Waals surface area contributed by atoms with Crippen LogP contribution in [0.2, 0.25) is 0 Å². The summed E-state index contributed by atoms with van der Waals surface area (Å²) in [7, 11) is 0. The van der Waals surface area contributed by atoms with Crippen LogP contribution in [0.1, 0.15) is 28.2 Å². The van der Waals surface area contributed by atoms with Crippen molar-refractivity contribution in [2.45, 2.75) is 13.3 Å². The topological polar surface area (TPSA) is 119 Å². The van der Waals surface area contributed by atoms with Crippen LogP contribution in [0.5, 0.6) is 0 Å². The van der Waals surface area contributed by atoms with Crippen molar-refractivity contribution < 1.29 is 13.6 Å². The number of nitrogens with zero attached hydrogens (tertiary/aromatic N) is 2. The molecule has 0 radical (unpaired) electrons. The first-order chi connectivity index (χ1) is 10.5. The molecule has 0 saturated heterocycles. The SMILES string of the molecule is Cc1[nH]nc(C(F)F)c1NC(=O)c1cnc2[nH]c(=O)[nH]c2c1. The van der Waals surface area contributed by atoms with E-state index in [1.165, 1.54) is 19.2 Å². The number of imidazole rings is 1. The summed E-state index contributed by atoms with van der Waals surface area (Å²) in [5.41, 5.74) is 0.0181. The van der Waals surface area contributed by atoms with Gasteiger partial charge in [0.1, 0.15) is 0 Å². The molecule has 114 valence electrons. The number of aromatic amines is 3. The number of nitrogens with one attached hydrogen (secondary N) is 4. The molecule has 3 rings (SSSR count). The van der Waals surface area contributed by atoms with Gasteiger partial charge >= 0.3 is 5.69 Å². The Hall–Kier alpha value is -3.04. The minimum Gasteiger partial charge on any atom is -0.319 e. The third-order valence-corrected chi connectivity index (χ3v) is 3.05. The van der Waals surface area contributed by atoms with E-state index in [0.29, 0.717) is 16.9 Å². The quantitative estimate of drug-likeness (QED) is 0.585. The number of pyridine rings is 1. The molecule has 0 unspecified atom stereocenters. The number of halogens is 2. The van der Waals surface area contributed by atoms with Crippen molar-refractivity contribution in [1.82, 2.24) is 25.1 Å². The average molecular weight is 308 g/mol. The lowest BCUT2D eigenvalue weighted by Gasteiger charge is -2.06. The number of amides is 1. The number of aromatic nitrogens is 5. The van der Waals surface area contributed by atoms with E-state index in [1.54, 1.807) is 0 Å². The van der Waals surface area contributed by atoms with Crippen molar-refractivity contribution >= 4 is 22.8 Å². The number of hydrogen-bond acceptors (Lipinski definition) is 4. The summed E-state index contributed by atoms with van der Waals surface area (Å²) in [6, 6.07) is 1.40. The average Bonchev–Trinajstić information content (AvgIpc) is 3.00. The van der Waals surface area contributed by atoms with Crippen LogP contribution < -0.4 is 11.0 Å². The Morgan fingerprint density at radius 1 is 1.36 bits per heavy atom. The Morgan fingerprint density at radius 2 is 2.14 bits per heavy atom. The summed E-state index contributed by atoms with van der Waals surface area (Å²) in [5, 5.41) is 8.23. The fourth-order valence-corrected chi connectivity index (χ4v) is 1.99. The number of alkyl halides is 2. The normalized spacial score (nSPS) is 11.3. The Labute approximate surface area is 121 Å². The Morgan fingerprint density at radius 3 is 2.86 bits per heavy atom. The van der Waals surface area contributed by atoms with E-state index >= 15 is 0 Å². The van der Waals surface area contributed by atoms with Gasteiger partial charge in [-0.3, -0.25) is 14.9 Å². The molecular weight excluding hydrogens is 298 g/mol. The molecule has 3 aromatic heterocycles. The molecule has 3 aromatic rings. The number of carbonyl (C=O) groups is 1. The lowest BCUT2D eigenvalue weighted by Crippen LogP contribution is -2.14. The highest BCUT2D eigenvalue weighted by Gasteiger charge is 2.21. The monoisotopic (exact) mass is 308 g/mol. The van der Waals surface area contributed by atoms with Crippen molar-refractivity contribution in [2.24, 2.45) is 0 Å². The zero-order valence-corrected chi connectivity index (χ0v) is 11.2. The van der Waals surface area contributed by atoms with Crippen molar-refractivity contribution in [1.29, 1.82) is 0 Å². The van der Waals surface area contributed by atoms with Crippen LogP contribution >= 0.6 is 0 Å². The molecule has 0 fully saturated rings. The Kier molecular flexibility index (Phi) is 3.20. The van der Waals surface area contributed by atoms with Gasteiger partial charge in [0.05, 0.1) is 22.5 Å². The molecule has 0 saturated carbocycles. The molecule has 4 N–H and O–H groups in total. The molecule has 22 heavy (non-hydrogen) atoms. The van der Waals surface area contributed by atoms with E-state index < -0.39 is 23.7 Å². The molecule has 0 aromatic carbocycles. The molecule has 0 aliphatic rings. The third kappa shape index (κ3) is 2.34. The minimum absolute atomic E-state index is 0.0670. The van der Waals surface area contributed by atoms with E-state index in [4.69, 9.17) is 0 Å². The molecule has 0 spiro atoms. The van der Waals surface area contributed by atoms with Crippen molar-refractivity contribution in [3.05, 3.63) is 39.7 Å². The standard InChI is InChI=1S/C12H10F2N6O2/c1-4-7(8(9(13)14)20-19-4)17-11(21)5-2-6-10(15-3-5)18-12(22)16-6/h2-3,9H,1H3,(H,17,21)(H,19,20)(H2,15,16,18,22). The van der Waals surface area contributed by atoms with Gasteiger partial charge in [0.25, 0.3) is 12.3 Å². The lowest BCUT2D eigenvalue weighted by atomic mass is 10.2. The molecule has 0 bridgehead atoms. The van der Waals surface area contributed by atoms with Gasteiger partial charge in [-0.2, -0.15) is 5.10 Å². The Balaban J connectivity index is 1.93. The van der Waals surface area contributed by atoms with Gasteiger partial charge < -0.3 is 10.3 Å². The van der Waals surface area contributed by atoms with Crippen LogP contribution in [0.25, 0.3) is 11.2 Å². The second-order valence-electron chi connectivity index (χ2n) is 4.56. The zero-order chi connectivity index (χ0) is 15.9. The maximum atomic E-state index is 12.8. The number of hydrogen-bond donors (Lipinski definition) is 4. The molecule has 0 atom stereocenters. The van der Waals surface area contributed by atoms with Gasteiger partial charge in [-0.25, -0.2) is 18.6 Å². The lowest BCUT2D eigenvalue weighted by molar-refractivity contribution is 0.102. The highest BCUT2D eigenvalue weighted by atomic mass is 19.3. The molecule has 0 aliphatic heterocycles. The number of H-pyrrole nitrogens is 3. The van der Waals surface area contributed by atoms with Gasteiger partial charge in [0.15, 0.2) is 11.3 Å². The van der Waals surface area contributed by atoms with Gasteiger partial charge in [-0.1, -0.05) is 0 Å². The smallest absolute Gasteiger partial charge is 0.319 e. The van der Waals surface area contributed by atoms with Crippen LogP contribution in [0, 0.1) is 6.92 Å². The predicted octanol–water partition coefficient (Wildman–Crippen LogP) is 1.47. The molecule has 10 heteroatoms. The van der Waals surface area contributed by atoms with E-state index in [-0.39, 0.29) is 11.3 Å². The molecule has 0 aliphatic carbocycles. The highest BCUT2D eigenvalue weighted by molar-refractivity contribution is 6.05. The summed E-state index contributed by atoms with van der Waals surface area (Å²) in [6.07, 6.45) is -1.58. The fraction of sp³-hybridized carbons (Fsp3) is 0.167. The summed E-state index contributed by atoms with van der Waals surface area (Å²) >= 11 is 0. The van der Waals surface area contributed by atoms with E-state index in [9.17, 15) is 18.4 Å². The van der Waals surface area contributed by atoms with Crippen molar-refractivity contribution in [3.8, 4) is 0 Å². The molecule has 8 nitrogen and oxygen atoms in total. The number of fused-ring (bicyclic) bond motifs is 1. The van der Waals surface area contributed by atoms with Crippen LogP contribution in [0.4, 0.5) is 14.5 Å². The van der Waals surface area contributed by atoms with Gasteiger partial charge in [-0.05, 0) is 13.0 Å². The first-order valence-corrected chi connectivity index (χ1v) is 6.18. The second kappa shape index (κ2) is 5.06. The number of aryl methyl sites for hydroxylation is 1. The Bertz CT molecular complexity index is 910. The summed E-state index contributed by atoms with van der Waals surface area (Å²) < 4.78 is 25.6. The van der Waals surface area contributed by atoms with Crippen LogP contribution in [-0.2, 0) is 0 Å². The van der Waals surface area contributed by atoms with E-state index in [2.05, 4.69) is 30.5 Å². The first kappa shape index (κ1) is 13.9. The fourth-order valence-electron chi connectivity index (χ4n) is 1.99. The molecule has 3 heterocycles. The van der Waals surface area contributed by atoms with Gasteiger partial charge in [0.2, 0.25) is 0 Å². The van der Waals surface area contributed by atoms with Crippen molar-refractivity contribution in [3.63, 3.8) is 0 Å². The minimum atomic E-state index is -2.82. The number of carbonyl (C=O) groups excluding carboxylic acids is 1. The zero-order valence-electron chi connectivity index (χ0n) is 11.2. The highest BCUT2D eigenvalue weighted by Crippen LogP contribution is 2.27. The van der Waals surface area contributed by atoms with Gasteiger partial charge in [-0.15, -0.1) is 0 Å². The number of anilines is 1. The van der Waals surface area contributed by atoms with E-state index in [1.807, 2.05) is 0 Å². The third-order valence-electron chi connectivity index (χ3n) is 3.05. The van der Waals surface area contributed by atoms with Crippen LogP contribution in [0.15, 0.2) is 17.1 Å². The summed E-state index contributed by atoms with van der Waals surface area (Å²) in [4.78, 5) is 32.1. The van der Waals surface area contributed by atoms with Crippen molar-refractivity contribution in [2.75, 3.05) is 5.32 Å². The second-order valence-corrected chi connectivity index (χ2v) is 4.56.